The van der Waals surface area contributed by atoms with Crippen LogP contribution in [0.25, 0.3) is 0 Å². The van der Waals surface area contributed by atoms with Crippen LogP contribution in [0.5, 0.6) is 0 Å². The SMILES string of the molecule is COC(=O)[C@@H](NC(=O)N(C)CC1CSC(C)=N1)C(C)C. The first kappa shape index (κ1) is 16.8. The van der Waals surface area contributed by atoms with Crippen molar-refractivity contribution < 1.29 is 14.3 Å². The summed E-state index contributed by atoms with van der Waals surface area (Å²) in [4.78, 5) is 29.7. The summed E-state index contributed by atoms with van der Waals surface area (Å²) in [7, 11) is 3.03. The lowest BCUT2D eigenvalue weighted by molar-refractivity contribution is -0.144. The first-order valence-corrected chi connectivity index (χ1v) is 7.60. The summed E-state index contributed by atoms with van der Waals surface area (Å²) >= 11 is 1.70. The monoisotopic (exact) mass is 301 g/mol. The Kier molecular flexibility index (Phi) is 6.32. The van der Waals surface area contributed by atoms with Crippen LogP contribution in [0.4, 0.5) is 4.79 Å². The first-order chi connectivity index (χ1) is 9.35. The van der Waals surface area contributed by atoms with Gasteiger partial charge in [0.25, 0.3) is 0 Å². The summed E-state index contributed by atoms with van der Waals surface area (Å²) in [5, 5.41) is 3.76. The number of likely N-dealkylation sites (N-methyl/N-ethyl adjacent to an activating group) is 1. The predicted octanol–water partition coefficient (Wildman–Crippen LogP) is 1.36. The van der Waals surface area contributed by atoms with E-state index < -0.39 is 12.0 Å². The zero-order chi connectivity index (χ0) is 15.3. The number of thioether (sulfide) groups is 1. The molecule has 1 N–H and O–H groups in total. The van der Waals surface area contributed by atoms with Gasteiger partial charge >= 0.3 is 12.0 Å². The van der Waals surface area contributed by atoms with Crippen molar-refractivity contribution in [2.45, 2.75) is 32.9 Å². The molecule has 0 spiro atoms. The number of esters is 1. The number of ether oxygens (including phenoxy) is 1. The second-order valence-electron chi connectivity index (χ2n) is 5.19. The van der Waals surface area contributed by atoms with Crippen LogP contribution in [-0.2, 0) is 9.53 Å². The molecule has 20 heavy (non-hydrogen) atoms. The minimum Gasteiger partial charge on any atom is -0.467 e. The number of methoxy groups -OCH3 is 1. The van der Waals surface area contributed by atoms with Crippen molar-refractivity contribution in [2.24, 2.45) is 10.9 Å². The van der Waals surface area contributed by atoms with Gasteiger partial charge in [0.15, 0.2) is 0 Å². The van der Waals surface area contributed by atoms with Crippen LogP contribution in [0, 0.1) is 5.92 Å². The number of carbonyl (C=O) groups is 2. The normalized spacial score (nSPS) is 19.5. The fraction of sp³-hybridized carbons (Fsp3) is 0.769. The van der Waals surface area contributed by atoms with E-state index in [2.05, 4.69) is 10.3 Å². The highest BCUT2D eigenvalue weighted by Gasteiger charge is 2.27. The van der Waals surface area contributed by atoms with E-state index in [0.717, 1.165) is 10.8 Å². The lowest BCUT2D eigenvalue weighted by Gasteiger charge is -2.25. The molecule has 0 saturated carbocycles. The molecule has 0 aromatic rings. The van der Waals surface area contributed by atoms with Gasteiger partial charge in [0, 0.05) is 19.3 Å². The van der Waals surface area contributed by atoms with Crippen LogP contribution in [0.15, 0.2) is 4.99 Å². The highest BCUT2D eigenvalue weighted by molar-refractivity contribution is 8.14. The van der Waals surface area contributed by atoms with Crippen molar-refractivity contribution in [1.82, 2.24) is 10.2 Å². The van der Waals surface area contributed by atoms with E-state index in [-0.39, 0.29) is 18.0 Å². The van der Waals surface area contributed by atoms with E-state index in [4.69, 9.17) is 4.74 Å². The average Bonchev–Trinajstić information content (AvgIpc) is 2.79. The first-order valence-electron chi connectivity index (χ1n) is 6.61. The largest absolute Gasteiger partial charge is 0.467 e. The van der Waals surface area contributed by atoms with Crippen molar-refractivity contribution in [2.75, 3.05) is 26.5 Å². The van der Waals surface area contributed by atoms with E-state index in [0.29, 0.717) is 6.54 Å². The minimum absolute atomic E-state index is 0.0258. The van der Waals surface area contributed by atoms with Crippen LogP contribution in [0.2, 0.25) is 0 Å². The zero-order valence-electron chi connectivity index (χ0n) is 12.7. The summed E-state index contributed by atoms with van der Waals surface area (Å²) in [6.45, 7) is 6.24. The van der Waals surface area contributed by atoms with Crippen molar-refractivity contribution in [3.05, 3.63) is 0 Å². The maximum Gasteiger partial charge on any atom is 0.328 e. The third-order valence-electron chi connectivity index (χ3n) is 3.08. The van der Waals surface area contributed by atoms with Gasteiger partial charge in [-0.2, -0.15) is 0 Å². The minimum atomic E-state index is -0.627. The van der Waals surface area contributed by atoms with Crippen molar-refractivity contribution >= 4 is 28.8 Å². The Labute approximate surface area is 124 Å². The van der Waals surface area contributed by atoms with Crippen LogP contribution in [0.3, 0.4) is 0 Å². The maximum atomic E-state index is 12.1. The molecule has 114 valence electrons. The number of nitrogens with one attached hydrogen (secondary N) is 1. The molecule has 7 heteroatoms. The van der Waals surface area contributed by atoms with E-state index >= 15 is 0 Å². The van der Waals surface area contributed by atoms with Gasteiger partial charge in [0.05, 0.1) is 18.2 Å². The quantitative estimate of drug-likeness (QED) is 0.778. The number of carbonyl (C=O) groups excluding carboxylic acids is 2. The van der Waals surface area contributed by atoms with E-state index in [1.54, 1.807) is 23.7 Å². The molecule has 0 bridgehead atoms. The Balaban J connectivity index is 2.53. The number of nitrogens with zero attached hydrogens (tertiary/aromatic N) is 2. The number of hydrogen-bond acceptors (Lipinski definition) is 5. The van der Waals surface area contributed by atoms with E-state index in [1.165, 1.54) is 7.11 Å². The topological polar surface area (TPSA) is 71.0 Å². The molecular weight excluding hydrogens is 278 g/mol. The maximum absolute atomic E-state index is 12.1. The zero-order valence-corrected chi connectivity index (χ0v) is 13.5. The number of hydrogen-bond donors (Lipinski definition) is 1. The van der Waals surface area contributed by atoms with Crippen molar-refractivity contribution in [3.63, 3.8) is 0 Å². The molecule has 1 rings (SSSR count). The molecule has 1 heterocycles. The summed E-state index contributed by atoms with van der Waals surface area (Å²) in [6, 6.07) is -0.775. The third kappa shape index (κ3) is 4.70. The van der Waals surface area contributed by atoms with Gasteiger partial charge in [-0.05, 0) is 12.8 Å². The molecule has 0 saturated heterocycles. The van der Waals surface area contributed by atoms with Gasteiger partial charge in [-0.25, -0.2) is 9.59 Å². The summed E-state index contributed by atoms with van der Waals surface area (Å²) in [5.41, 5.74) is 0. The van der Waals surface area contributed by atoms with Crippen LogP contribution in [-0.4, -0.2) is 60.5 Å². The molecule has 0 aliphatic carbocycles. The molecule has 6 nitrogen and oxygen atoms in total. The fourth-order valence-corrected chi connectivity index (χ4v) is 2.75. The number of amides is 2. The average molecular weight is 301 g/mol. The van der Waals surface area contributed by atoms with Crippen LogP contribution >= 0.6 is 11.8 Å². The second kappa shape index (κ2) is 7.52. The molecule has 2 amide bonds. The number of aliphatic imine (C=N–C) groups is 1. The highest BCUT2D eigenvalue weighted by Crippen LogP contribution is 2.18. The molecule has 1 aliphatic heterocycles. The summed E-state index contributed by atoms with van der Waals surface area (Å²) in [6.07, 6.45) is 0. The van der Waals surface area contributed by atoms with Crippen molar-refractivity contribution in [1.29, 1.82) is 0 Å². The molecule has 0 aromatic carbocycles. The highest BCUT2D eigenvalue weighted by atomic mass is 32.2. The predicted molar refractivity (Wildman–Crippen MR) is 81.2 cm³/mol. The Morgan fingerprint density at radius 3 is 2.65 bits per heavy atom. The standard InChI is InChI=1S/C13H23N3O3S/c1-8(2)11(12(17)19-5)15-13(18)16(4)6-10-7-20-9(3)14-10/h8,10-11H,6-7H2,1-5H3,(H,15,18)/t10?,11-/m0/s1. The Bertz CT molecular complexity index is 398. The molecule has 1 aliphatic rings. The van der Waals surface area contributed by atoms with Crippen molar-refractivity contribution in [3.8, 4) is 0 Å². The number of urea groups is 1. The fourth-order valence-electron chi connectivity index (χ4n) is 1.91. The summed E-state index contributed by atoms with van der Waals surface area (Å²) in [5.74, 6) is 0.447. The van der Waals surface area contributed by atoms with Gasteiger partial charge in [0.1, 0.15) is 6.04 Å². The van der Waals surface area contributed by atoms with E-state index in [9.17, 15) is 9.59 Å². The second-order valence-corrected chi connectivity index (χ2v) is 6.40. The van der Waals surface area contributed by atoms with Gasteiger partial charge in [0.2, 0.25) is 0 Å². The molecular formula is C13H23N3O3S. The molecule has 0 aromatic heterocycles. The number of rotatable bonds is 5. The molecule has 2 atom stereocenters. The van der Waals surface area contributed by atoms with Gasteiger partial charge < -0.3 is 15.0 Å². The van der Waals surface area contributed by atoms with Gasteiger partial charge in [-0.3, -0.25) is 4.99 Å². The molecule has 0 fully saturated rings. The molecule has 0 radical (unpaired) electrons. The smallest absolute Gasteiger partial charge is 0.328 e. The third-order valence-corrected chi connectivity index (χ3v) is 4.16. The van der Waals surface area contributed by atoms with Gasteiger partial charge in [-0.15, -0.1) is 11.8 Å². The summed E-state index contributed by atoms with van der Waals surface area (Å²) < 4.78 is 4.70. The van der Waals surface area contributed by atoms with Crippen LogP contribution in [0.1, 0.15) is 20.8 Å². The van der Waals surface area contributed by atoms with Crippen LogP contribution < -0.4 is 5.32 Å². The van der Waals surface area contributed by atoms with Gasteiger partial charge in [-0.1, -0.05) is 13.8 Å². The lowest BCUT2D eigenvalue weighted by atomic mass is 10.1. The molecule has 1 unspecified atom stereocenters. The Morgan fingerprint density at radius 1 is 1.55 bits per heavy atom. The van der Waals surface area contributed by atoms with E-state index in [1.807, 2.05) is 20.8 Å². The lowest BCUT2D eigenvalue weighted by Crippen LogP contribution is -2.50. The Hall–Kier alpha value is -1.24. The Morgan fingerprint density at radius 2 is 2.20 bits per heavy atom.